The number of benzene rings is 2. The van der Waals surface area contributed by atoms with Gasteiger partial charge in [0.2, 0.25) is 0 Å². The number of hydrogen-bond donors (Lipinski definition) is 3. The standard InChI is InChI=1S/C24H34N4O/c1-19-12-14-28(15-13-19)23-10-8-20(9-11-23)16-26-24(25-2)27-17-22(18-29)21-6-4-3-5-7-21/h3-11,19,22,29H,12-18H2,1-2H3,(H2,25,26,27). The molecule has 5 nitrogen and oxygen atoms in total. The number of nitrogens with zero attached hydrogens (tertiary/aromatic N) is 2. The number of aliphatic hydroxyl groups is 1. The molecule has 1 aliphatic rings. The molecule has 0 aliphatic carbocycles. The fraction of sp³-hybridized carbons (Fsp3) is 0.458. The van der Waals surface area contributed by atoms with Crippen LogP contribution in [0.25, 0.3) is 0 Å². The zero-order valence-electron chi connectivity index (χ0n) is 17.6. The Morgan fingerprint density at radius 3 is 2.38 bits per heavy atom. The van der Waals surface area contributed by atoms with E-state index in [-0.39, 0.29) is 12.5 Å². The van der Waals surface area contributed by atoms with Crippen molar-refractivity contribution in [2.75, 3.05) is 38.2 Å². The molecule has 1 saturated heterocycles. The lowest BCUT2D eigenvalue weighted by Gasteiger charge is -2.32. The molecule has 5 heteroatoms. The molecular formula is C24H34N4O. The number of piperidine rings is 1. The summed E-state index contributed by atoms with van der Waals surface area (Å²) in [6.07, 6.45) is 2.56. The van der Waals surface area contributed by atoms with Crippen LogP contribution >= 0.6 is 0 Å². The normalized spacial score (nSPS) is 16.5. The Balaban J connectivity index is 1.47. The molecular weight excluding hydrogens is 360 g/mol. The van der Waals surface area contributed by atoms with Crippen molar-refractivity contribution in [3.8, 4) is 0 Å². The van der Waals surface area contributed by atoms with Gasteiger partial charge < -0.3 is 20.6 Å². The smallest absolute Gasteiger partial charge is 0.191 e. The lowest BCUT2D eigenvalue weighted by Crippen LogP contribution is -2.39. The van der Waals surface area contributed by atoms with E-state index in [9.17, 15) is 5.11 Å². The SMILES string of the molecule is CN=C(NCc1ccc(N2CCC(C)CC2)cc1)NCC(CO)c1ccccc1. The molecule has 0 radical (unpaired) electrons. The number of aliphatic imine (C=N–C) groups is 1. The zero-order valence-corrected chi connectivity index (χ0v) is 17.6. The van der Waals surface area contributed by atoms with Crippen molar-refractivity contribution in [1.82, 2.24) is 10.6 Å². The van der Waals surface area contributed by atoms with Gasteiger partial charge in [0.1, 0.15) is 0 Å². The molecule has 0 amide bonds. The van der Waals surface area contributed by atoms with Gasteiger partial charge in [-0.05, 0) is 42.0 Å². The first-order valence-electron chi connectivity index (χ1n) is 10.6. The highest BCUT2D eigenvalue weighted by Crippen LogP contribution is 2.23. The monoisotopic (exact) mass is 394 g/mol. The molecule has 0 saturated carbocycles. The van der Waals surface area contributed by atoms with Crippen molar-refractivity contribution in [1.29, 1.82) is 0 Å². The van der Waals surface area contributed by atoms with Crippen LogP contribution in [0.2, 0.25) is 0 Å². The molecule has 1 aliphatic heterocycles. The van der Waals surface area contributed by atoms with Gasteiger partial charge in [-0.2, -0.15) is 0 Å². The molecule has 0 bridgehead atoms. The van der Waals surface area contributed by atoms with Crippen molar-refractivity contribution in [2.24, 2.45) is 10.9 Å². The number of hydrogen-bond acceptors (Lipinski definition) is 3. The van der Waals surface area contributed by atoms with E-state index >= 15 is 0 Å². The van der Waals surface area contributed by atoms with E-state index in [1.807, 2.05) is 30.3 Å². The summed E-state index contributed by atoms with van der Waals surface area (Å²) in [4.78, 5) is 6.79. The quantitative estimate of drug-likeness (QED) is 0.498. The Labute approximate surface area is 174 Å². The third kappa shape index (κ3) is 6.23. The van der Waals surface area contributed by atoms with Crippen molar-refractivity contribution < 1.29 is 5.11 Å². The van der Waals surface area contributed by atoms with Crippen LogP contribution in [-0.4, -0.2) is 44.4 Å². The summed E-state index contributed by atoms with van der Waals surface area (Å²) >= 11 is 0. The topological polar surface area (TPSA) is 59.9 Å². The third-order valence-corrected chi connectivity index (χ3v) is 5.78. The van der Waals surface area contributed by atoms with Gasteiger partial charge >= 0.3 is 0 Å². The fourth-order valence-corrected chi connectivity index (χ4v) is 3.73. The summed E-state index contributed by atoms with van der Waals surface area (Å²) in [6, 6.07) is 18.9. The molecule has 1 unspecified atom stereocenters. The highest BCUT2D eigenvalue weighted by molar-refractivity contribution is 5.79. The van der Waals surface area contributed by atoms with E-state index in [2.05, 4.69) is 51.7 Å². The van der Waals surface area contributed by atoms with E-state index in [0.29, 0.717) is 13.1 Å². The zero-order chi connectivity index (χ0) is 20.5. The van der Waals surface area contributed by atoms with Crippen LogP contribution in [0.4, 0.5) is 5.69 Å². The minimum atomic E-state index is 0.0429. The molecule has 3 rings (SSSR count). The molecule has 0 aromatic heterocycles. The molecule has 156 valence electrons. The van der Waals surface area contributed by atoms with E-state index in [1.165, 1.54) is 24.1 Å². The summed E-state index contributed by atoms with van der Waals surface area (Å²) in [5, 5.41) is 16.4. The molecule has 0 spiro atoms. The molecule has 2 aromatic rings. The minimum absolute atomic E-state index is 0.0429. The number of nitrogens with one attached hydrogen (secondary N) is 2. The van der Waals surface area contributed by atoms with Crippen LogP contribution in [-0.2, 0) is 6.54 Å². The maximum atomic E-state index is 9.72. The summed E-state index contributed by atoms with van der Waals surface area (Å²) < 4.78 is 0. The molecule has 1 heterocycles. The van der Waals surface area contributed by atoms with Crippen LogP contribution < -0.4 is 15.5 Å². The van der Waals surface area contributed by atoms with Gasteiger partial charge in [0.05, 0.1) is 6.61 Å². The first kappa shape index (κ1) is 21.2. The van der Waals surface area contributed by atoms with Crippen molar-refractivity contribution in [3.63, 3.8) is 0 Å². The van der Waals surface area contributed by atoms with Crippen LogP contribution in [0, 0.1) is 5.92 Å². The van der Waals surface area contributed by atoms with Crippen LogP contribution in [0.5, 0.6) is 0 Å². The average Bonchev–Trinajstić information content (AvgIpc) is 2.78. The Morgan fingerprint density at radius 1 is 1.07 bits per heavy atom. The van der Waals surface area contributed by atoms with Gasteiger partial charge in [0, 0.05) is 44.8 Å². The van der Waals surface area contributed by atoms with E-state index in [0.717, 1.165) is 30.5 Å². The second-order valence-electron chi connectivity index (χ2n) is 7.93. The molecule has 1 atom stereocenters. The molecule has 2 aromatic carbocycles. The highest BCUT2D eigenvalue weighted by Gasteiger charge is 2.16. The maximum absolute atomic E-state index is 9.72. The predicted octanol–water partition coefficient (Wildman–Crippen LogP) is 3.36. The van der Waals surface area contributed by atoms with E-state index < -0.39 is 0 Å². The average molecular weight is 395 g/mol. The van der Waals surface area contributed by atoms with Crippen molar-refractivity contribution in [3.05, 3.63) is 65.7 Å². The summed E-state index contributed by atoms with van der Waals surface area (Å²) in [6.45, 7) is 6.10. The van der Waals surface area contributed by atoms with Crippen LogP contribution in [0.15, 0.2) is 59.6 Å². The number of rotatable bonds is 7. The summed E-state index contributed by atoms with van der Waals surface area (Å²) in [5.41, 5.74) is 3.67. The van der Waals surface area contributed by atoms with Crippen molar-refractivity contribution in [2.45, 2.75) is 32.2 Å². The first-order chi connectivity index (χ1) is 14.2. The third-order valence-electron chi connectivity index (χ3n) is 5.78. The second-order valence-corrected chi connectivity index (χ2v) is 7.93. The highest BCUT2D eigenvalue weighted by atomic mass is 16.3. The first-order valence-corrected chi connectivity index (χ1v) is 10.6. The predicted molar refractivity (Wildman–Crippen MR) is 122 cm³/mol. The number of anilines is 1. The number of aliphatic hydroxyl groups excluding tert-OH is 1. The van der Waals surface area contributed by atoms with Gasteiger partial charge in [-0.3, -0.25) is 4.99 Å². The summed E-state index contributed by atoms with van der Waals surface area (Å²) in [5.74, 6) is 1.64. The lowest BCUT2D eigenvalue weighted by molar-refractivity contribution is 0.265. The van der Waals surface area contributed by atoms with Crippen LogP contribution in [0.1, 0.15) is 36.8 Å². The van der Waals surface area contributed by atoms with Crippen molar-refractivity contribution >= 4 is 11.6 Å². The molecule has 1 fully saturated rings. The van der Waals surface area contributed by atoms with Crippen LogP contribution in [0.3, 0.4) is 0 Å². The largest absolute Gasteiger partial charge is 0.396 e. The van der Waals surface area contributed by atoms with Gasteiger partial charge in [-0.25, -0.2) is 0 Å². The maximum Gasteiger partial charge on any atom is 0.191 e. The fourth-order valence-electron chi connectivity index (χ4n) is 3.73. The Morgan fingerprint density at radius 2 is 1.76 bits per heavy atom. The van der Waals surface area contributed by atoms with E-state index in [4.69, 9.17) is 0 Å². The lowest BCUT2D eigenvalue weighted by atomic mass is 9.99. The second kappa shape index (κ2) is 10.9. The Kier molecular flexibility index (Phi) is 7.94. The Hall–Kier alpha value is -2.53. The van der Waals surface area contributed by atoms with Gasteiger partial charge in [0.15, 0.2) is 5.96 Å². The number of guanidine groups is 1. The summed E-state index contributed by atoms with van der Waals surface area (Å²) in [7, 11) is 1.77. The molecule has 29 heavy (non-hydrogen) atoms. The Bertz CT molecular complexity index is 752. The van der Waals surface area contributed by atoms with Gasteiger partial charge in [-0.15, -0.1) is 0 Å². The molecule has 3 N–H and O–H groups in total. The van der Waals surface area contributed by atoms with Gasteiger partial charge in [0.25, 0.3) is 0 Å². The minimum Gasteiger partial charge on any atom is -0.396 e. The van der Waals surface area contributed by atoms with E-state index in [1.54, 1.807) is 7.05 Å². The van der Waals surface area contributed by atoms with Gasteiger partial charge in [-0.1, -0.05) is 49.4 Å².